The highest BCUT2D eigenvalue weighted by atomic mass is 32.2. The van der Waals surface area contributed by atoms with E-state index in [1.807, 2.05) is 6.92 Å². The third-order valence-corrected chi connectivity index (χ3v) is 1.56. The molecular formula is C7H10O2S. The van der Waals surface area contributed by atoms with Gasteiger partial charge in [-0.15, -0.1) is 0 Å². The number of rotatable bonds is 3. The Morgan fingerprint density at radius 3 is 2.60 bits per heavy atom. The molecule has 0 bridgehead atoms. The van der Waals surface area contributed by atoms with Crippen molar-refractivity contribution in [2.75, 3.05) is 0 Å². The van der Waals surface area contributed by atoms with Crippen molar-refractivity contribution in [2.24, 2.45) is 0 Å². The molecule has 0 amide bonds. The Labute approximate surface area is 63.2 Å². The van der Waals surface area contributed by atoms with E-state index in [2.05, 4.69) is 6.58 Å². The molecule has 1 N–H and O–H groups in total. The van der Waals surface area contributed by atoms with Crippen molar-refractivity contribution >= 4 is 11.1 Å². The van der Waals surface area contributed by atoms with Gasteiger partial charge in [-0.05, 0) is 13.0 Å². The van der Waals surface area contributed by atoms with Gasteiger partial charge < -0.3 is 4.55 Å². The van der Waals surface area contributed by atoms with E-state index in [9.17, 15) is 4.21 Å². The first kappa shape index (κ1) is 9.33. The topological polar surface area (TPSA) is 37.3 Å². The molecule has 1 unspecified atom stereocenters. The zero-order valence-electron chi connectivity index (χ0n) is 5.78. The molecule has 0 aromatic rings. The van der Waals surface area contributed by atoms with Crippen molar-refractivity contribution in [3.63, 3.8) is 0 Å². The van der Waals surface area contributed by atoms with Crippen LogP contribution in [0.15, 0.2) is 35.8 Å². The maximum absolute atomic E-state index is 10.4. The normalized spacial score (nSPS) is 15.6. The molecule has 0 saturated carbocycles. The Balaban J connectivity index is 4.33. The number of hydrogen-bond donors (Lipinski definition) is 1. The second kappa shape index (κ2) is 5.14. The van der Waals surface area contributed by atoms with Crippen molar-refractivity contribution in [3.8, 4) is 0 Å². The van der Waals surface area contributed by atoms with Crippen LogP contribution in [-0.4, -0.2) is 8.76 Å². The molecule has 3 heteroatoms. The van der Waals surface area contributed by atoms with Crippen LogP contribution < -0.4 is 0 Å². The van der Waals surface area contributed by atoms with E-state index in [-0.39, 0.29) is 0 Å². The molecule has 10 heavy (non-hydrogen) atoms. The largest absolute Gasteiger partial charge is 0.302 e. The fourth-order valence-corrected chi connectivity index (χ4v) is 0.726. The third-order valence-electron chi connectivity index (χ3n) is 0.856. The van der Waals surface area contributed by atoms with Crippen LogP contribution in [0.4, 0.5) is 0 Å². The highest BCUT2D eigenvalue weighted by Gasteiger charge is 1.94. The van der Waals surface area contributed by atoms with E-state index in [1.165, 1.54) is 6.08 Å². The summed E-state index contributed by atoms with van der Waals surface area (Å²) in [5.74, 6) is 0. The van der Waals surface area contributed by atoms with Gasteiger partial charge in [0.05, 0.1) is 4.91 Å². The van der Waals surface area contributed by atoms with E-state index in [4.69, 9.17) is 4.55 Å². The standard InChI is InChI=1S/C7H10O2S/c1-3-5-6-7(4-2)10(8)9/h3-6H,2H2,1H3,(H,8,9)/b5-3-,7-6+. The Kier molecular flexibility index (Phi) is 4.80. The Bertz CT molecular complexity index is 192. The molecule has 56 valence electrons. The molecule has 0 aromatic heterocycles. The van der Waals surface area contributed by atoms with Gasteiger partial charge in [0.1, 0.15) is 0 Å². The number of hydrogen-bond acceptors (Lipinski definition) is 1. The van der Waals surface area contributed by atoms with Gasteiger partial charge in [-0.2, -0.15) is 0 Å². The van der Waals surface area contributed by atoms with Gasteiger partial charge in [0.25, 0.3) is 0 Å². The van der Waals surface area contributed by atoms with Gasteiger partial charge in [0.2, 0.25) is 0 Å². The molecule has 0 spiro atoms. The van der Waals surface area contributed by atoms with E-state index >= 15 is 0 Å². The molecule has 0 heterocycles. The minimum Gasteiger partial charge on any atom is -0.302 e. The first-order chi connectivity index (χ1) is 4.72. The third kappa shape index (κ3) is 3.37. The maximum atomic E-state index is 10.4. The summed E-state index contributed by atoms with van der Waals surface area (Å²) in [5.41, 5.74) is 0. The molecule has 0 saturated heterocycles. The fraction of sp³-hybridized carbons (Fsp3) is 0.143. The minimum atomic E-state index is -1.91. The summed E-state index contributed by atoms with van der Waals surface area (Å²) in [7, 11) is 0. The fourth-order valence-electron chi connectivity index (χ4n) is 0.389. The first-order valence-electron chi connectivity index (χ1n) is 2.78. The lowest BCUT2D eigenvalue weighted by Gasteiger charge is -1.89. The van der Waals surface area contributed by atoms with Crippen molar-refractivity contribution in [1.29, 1.82) is 0 Å². The smallest absolute Gasteiger partial charge is 0.186 e. The van der Waals surface area contributed by atoms with E-state index in [1.54, 1.807) is 18.2 Å². The quantitative estimate of drug-likeness (QED) is 0.502. The lowest BCUT2D eigenvalue weighted by molar-refractivity contribution is 0.572. The minimum absolute atomic E-state index is 0.318. The van der Waals surface area contributed by atoms with Gasteiger partial charge in [-0.25, -0.2) is 4.21 Å². The van der Waals surface area contributed by atoms with E-state index < -0.39 is 11.1 Å². The van der Waals surface area contributed by atoms with Crippen LogP contribution in [0, 0.1) is 0 Å². The highest BCUT2D eigenvalue weighted by molar-refractivity contribution is 7.83. The van der Waals surface area contributed by atoms with Gasteiger partial charge in [0.15, 0.2) is 11.1 Å². The summed E-state index contributed by atoms with van der Waals surface area (Å²) < 4.78 is 18.9. The zero-order chi connectivity index (χ0) is 7.98. The molecule has 0 aliphatic rings. The van der Waals surface area contributed by atoms with Gasteiger partial charge in [-0.3, -0.25) is 0 Å². The summed E-state index contributed by atoms with van der Waals surface area (Å²) in [6.07, 6.45) is 6.36. The van der Waals surface area contributed by atoms with Gasteiger partial charge in [0, 0.05) is 0 Å². The molecule has 0 radical (unpaired) electrons. The maximum Gasteiger partial charge on any atom is 0.186 e. The second-order valence-corrected chi connectivity index (χ2v) is 2.52. The van der Waals surface area contributed by atoms with Crippen molar-refractivity contribution in [2.45, 2.75) is 6.92 Å². The molecule has 0 aliphatic heterocycles. The summed E-state index contributed by atoms with van der Waals surface area (Å²) in [4.78, 5) is 0.318. The Morgan fingerprint density at radius 2 is 2.30 bits per heavy atom. The summed E-state index contributed by atoms with van der Waals surface area (Å²) in [5, 5.41) is 0. The van der Waals surface area contributed by atoms with E-state index in [0.29, 0.717) is 4.91 Å². The number of allylic oxidation sites excluding steroid dienone is 4. The Morgan fingerprint density at radius 1 is 1.70 bits per heavy atom. The molecule has 0 fully saturated rings. The predicted octanol–water partition coefficient (Wildman–Crippen LogP) is 1.85. The van der Waals surface area contributed by atoms with Gasteiger partial charge >= 0.3 is 0 Å². The van der Waals surface area contributed by atoms with Crippen LogP contribution in [0.25, 0.3) is 0 Å². The average molecular weight is 158 g/mol. The van der Waals surface area contributed by atoms with Crippen LogP contribution in [0.3, 0.4) is 0 Å². The van der Waals surface area contributed by atoms with Crippen molar-refractivity contribution in [1.82, 2.24) is 0 Å². The average Bonchev–Trinajstić information content (AvgIpc) is 1.89. The summed E-state index contributed by atoms with van der Waals surface area (Å²) >= 11 is -1.91. The monoisotopic (exact) mass is 158 g/mol. The van der Waals surface area contributed by atoms with Crippen molar-refractivity contribution in [3.05, 3.63) is 35.8 Å². The zero-order valence-corrected chi connectivity index (χ0v) is 6.60. The Hall–Kier alpha value is -0.670. The van der Waals surface area contributed by atoms with E-state index in [0.717, 1.165) is 0 Å². The predicted molar refractivity (Wildman–Crippen MR) is 43.9 cm³/mol. The molecule has 2 nitrogen and oxygen atoms in total. The summed E-state index contributed by atoms with van der Waals surface area (Å²) in [6.45, 7) is 5.21. The lowest BCUT2D eigenvalue weighted by atomic mass is 10.4. The molecule has 0 rings (SSSR count). The van der Waals surface area contributed by atoms with Crippen LogP contribution in [0.5, 0.6) is 0 Å². The molecule has 0 aliphatic carbocycles. The molecule has 0 aromatic carbocycles. The van der Waals surface area contributed by atoms with Crippen LogP contribution >= 0.6 is 0 Å². The van der Waals surface area contributed by atoms with Crippen molar-refractivity contribution < 1.29 is 8.76 Å². The van der Waals surface area contributed by atoms with Gasteiger partial charge in [-0.1, -0.05) is 24.8 Å². The molecule has 1 atom stereocenters. The SMILES string of the molecule is C=C/C(=C\C=C/C)S(=O)O. The second-order valence-electron chi connectivity index (χ2n) is 1.55. The molecular weight excluding hydrogens is 148 g/mol. The van der Waals surface area contributed by atoms with Crippen LogP contribution in [0.1, 0.15) is 6.92 Å². The highest BCUT2D eigenvalue weighted by Crippen LogP contribution is 1.99. The van der Waals surface area contributed by atoms with Crippen LogP contribution in [-0.2, 0) is 11.1 Å². The first-order valence-corrected chi connectivity index (χ1v) is 3.89. The summed E-state index contributed by atoms with van der Waals surface area (Å²) in [6, 6.07) is 0. The lowest BCUT2D eigenvalue weighted by Crippen LogP contribution is -1.86. The van der Waals surface area contributed by atoms with Crippen LogP contribution in [0.2, 0.25) is 0 Å².